The van der Waals surface area contributed by atoms with Crippen LogP contribution >= 0.6 is 0 Å². The summed E-state index contributed by atoms with van der Waals surface area (Å²) in [7, 11) is 1.44. The summed E-state index contributed by atoms with van der Waals surface area (Å²) < 4.78 is 5.08. The van der Waals surface area contributed by atoms with Gasteiger partial charge in [-0.05, 0) is 30.2 Å². The van der Waals surface area contributed by atoms with E-state index in [0.29, 0.717) is 12.6 Å². The number of anilines is 1. The van der Waals surface area contributed by atoms with E-state index in [1.165, 1.54) is 18.4 Å². The van der Waals surface area contributed by atoms with Crippen LogP contribution in [-0.2, 0) is 13.1 Å². The van der Waals surface area contributed by atoms with Crippen molar-refractivity contribution in [1.82, 2.24) is 5.32 Å². The molecular weight excluding hydrogens is 306 g/mol. The fraction of sp³-hybridized carbons (Fsp3) is 0.333. The molecule has 24 heavy (non-hydrogen) atoms. The molecule has 0 fully saturated rings. The molecule has 1 N–H and O–H groups in total. The minimum atomic E-state index is -0.400. The number of nitrogens with one attached hydrogen (secondary N) is 1. The van der Waals surface area contributed by atoms with Crippen LogP contribution in [0.3, 0.4) is 0 Å². The van der Waals surface area contributed by atoms with Crippen molar-refractivity contribution in [3.63, 3.8) is 0 Å². The number of benzene rings is 2. The van der Waals surface area contributed by atoms with Gasteiger partial charge in [-0.3, -0.25) is 10.1 Å². The molecule has 1 aliphatic heterocycles. The van der Waals surface area contributed by atoms with Crippen LogP contribution in [0.2, 0.25) is 0 Å². The van der Waals surface area contributed by atoms with Crippen molar-refractivity contribution in [3.05, 3.63) is 63.7 Å². The Bertz CT molecular complexity index is 748. The highest BCUT2D eigenvalue weighted by molar-refractivity contribution is 5.56. The van der Waals surface area contributed by atoms with Gasteiger partial charge in [-0.15, -0.1) is 0 Å². The fourth-order valence-corrected chi connectivity index (χ4v) is 3.09. The molecule has 2 aromatic carbocycles. The zero-order chi connectivity index (χ0) is 17.1. The maximum Gasteiger partial charge on any atom is 0.311 e. The Morgan fingerprint density at radius 1 is 1.33 bits per heavy atom. The number of rotatable bonds is 4. The lowest BCUT2D eigenvalue weighted by Crippen LogP contribution is -2.35. The molecular formula is C18H21N3O3. The van der Waals surface area contributed by atoms with Gasteiger partial charge in [0.05, 0.1) is 12.0 Å². The van der Waals surface area contributed by atoms with Gasteiger partial charge in [0.1, 0.15) is 0 Å². The standard InChI is InChI=1S/C18H21N3O3/c1-13-11-20(16-6-4-3-5-15(16)10-19-13)12-14-7-8-18(24-2)17(9-14)21(22)23/h3-9,13,19H,10-12H2,1-2H3. The molecule has 0 spiro atoms. The van der Waals surface area contributed by atoms with Crippen LogP contribution in [0.4, 0.5) is 11.4 Å². The van der Waals surface area contributed by atoms with Gasteiger partial charge in [-0.1, -0.05) is 24.3 Å². The molecule has 1 unspecified atom stereocenters. The maximum atomic E-state index is 11.2. The molecule has 0 aromatic heterocycles. The second kappa shape index (κ2) is 6.88. The Kier molecular flexibility index (Phi) is 4.66. The molecule has 0 bridgehead atoms. The first-order valence-corrected chi connectivity index (χ1v) is 7.96. The van der Waals surface area contributed by atoms with Crippen molar-refractivity contribution in [2.45, 2.75) is 26.1 Å². The lowest BCUT2D eigenvalue weighted by molar-refractivity contribution is -0.385. The van der Waals surface area contributed by atoms with Gasteiger partial charge in [0, 0.05) is 37.4 Å². The minimum absolute atomic E-state index is 0.00396. The van der Waals surface area contributed by atoms with E-state index in [1.807, 2.05) is 18.2 Å². The molecule has 1 atom stereocenters. The number of ether oxygens (including phenoxy) is 1. The smallest absolute Gasteiger partial charge is 0.311 e. The Morgan fingerprint density at radius 2 is 2.12 bits per heavy atom. The number of nitro benzene ring substituents is 1. The van der Waals surface area contributed by atoms with Crippen LogP contribution < -0.4 is 15.0 Å². The third kappa shape index (κ3) is 3.33. The number of hydrogen-bond acceptors (Lipinski definition) is 5. The van der Waals surface area contributed by atoms with Crippen molar-refractivity contribution < 1.29 is 9.66 Å². The van der Waals surface area contributed by atoms with Crippen LogP contribution in [0.15, 0.2) is 42.5 Å². The first-order chi connectivity index (χ1) is 11.6. The van der Waals surface area contributed by atoms with Gasteiger partial charge in [-0.25, -0.2) is 0 Å². The summed E-state index contributed by atoms with van der Waals surface area (Å²) in [5.74, 6) is 0.287. The summed E-state index contributed by atoms with van der Waals surface area (Å²) in [5, 5.41) is 14.7. The first kappa shape index (κ1) is 16.3. The first-order valence-electron chi connectivity index (χ1n) is 7.96. The molecule has 6 nitrogen and oxygen atoms in total. The van der Waals surface area contributed by atoms with Gasteiger partial charge < -0.3 is 15.0 Å². The van der Waals surface area contributed by atoms with Crippen LogP contribution in [0, 0.1) is 10.1 Å². The number of methoxy groups -OCH3 is 1. The molecule has 0 amide bonds. The molecule has 0 aliphatic carbocycles. The molecule has 3 rings (SSSR count). The lowest BCUT2D eigenvalue weighted by Gasteiger charge is -2.26. The quantitative estimate of drug-likeness (QED) is 0.690. The van der Waals surface area contributed by atoms with Gasteiger partial charge in [0.2, 0.25) is 0 Å². The summed E-state index contributed by atoms with van der Waals surface area (Å²) >= 11 is 0. The Hall–Kier alpha value is -2.60. The van der Waals surface area contributed by atoms with Crippen LogP contribution in [0.1, 0.15) is 18.1 Å². The normalized spacial score (nSPS) is 17.1. The van der Waals surface area contributed by atoms with E-state index in [2.05, 4.69) is 29.3 Å². The molecule has 2 aromatic rings. The summed E-state index contributed by atoms with van der Waals surface area (Å²) in [6, 6.07) is 13.8. The van der Waals surface area contributed by atoms with E-state index in [-0.39, 0.29) is 11.4 Å². The van der Waals surface area contributed by atoms with Crippen molar-refractivity contribution in [2.75, 3.05) is 18.6 Å². The average Bonchev–Trinajstić information content (AvgIpc) is 2.74. The highest BCUT2D eigenvalue weighted by Crippen LogP contribution is 2.30. The van der Waals surface area contributed by atoms with Crippen LogP contribution in [0.5, 0.6) is 5.75 Å². The van der Waals surface area contributed by atoms with Crippen molar-refractivity contribution in [1.29, 1.82) is 0 Å². The topological polar surface area (TPSA) is 67.6 Å². The summed E-state index contributed by atoms with van der Waals surface area (Å²) in [6.07, 6.45) is 0. The summed E-state index contributed by atoms with van der Waals surface area (Å²) in [4.78, 5) is 13.1. The Morgan fingerprint density at radius 3 is 2.88 bits per heavy atom. The SMILES string of the molecule is COc1ccc(CN2CC(C)NCc3ccccc32)cc1[N+](=O)[O-]. The molecule has 0 radical (unpaired) electrons. The maximum absolute atomic E-state index is 11.2. The van der Waals surface area contributed by atoms with E-state index < -0.39 is 4.92 Å². The van der Waals surface area contributed by atoms with Gasteiger partial charge >= 0.3 is 5.69 Å². The van der Waals surface area contributed by atoms with Gasteiger partial charge in [0.15, 0.2) is 5.75 Å². The average molecular weight is 327 g/mol. The number of hydrogen-bond donors (Lipinski definition) is 1. The lowest BCUT2D eigenvalue weighted by atomic mass is 10.1. The molecule has 1 aliphatic rings. The summed E-state index contributed by atoms with van der Waals surface area (Å²) in [6.45, 7) is 4.44. The number of para-hydroxylation sites is 1. The zero-order valence-electron chi connectivity index (χ0n) is 13.9. The fourth-order valence-electron chi connectivity index (χ4n) is 3.09. The van der Waals surface area contributed by atoms with E-state index in [1.54, 1.807) is 12.1 Å². The van der Waals surface area contributed by atoms with Crippen LogP contribution in [0.25, 0.3) is 0 Å². The molecule has 0 saturated carbocycles. The molecule has 1 heterocycles. The minimum Gasteiger partial charge on any atom is -0.490 e. The van der Waals surface area contributed by atoms with E-state index in [4.69, 9.17) is 4.74 Å². The second-order valence-electron chi connectivity index (χ2n) is 6.05. The second-order valence-corrected chi connectivity index (χ2v) is 6.05. The molecule has 0 saturated heterocycles. The Labute approximate surface area is 141 Å². The van der Waals surface area contributed by atoms with Crippen molar-refractivity contribution in [2.24, 2.45) is 0 Å². The zero-order valence-corrected chi connectivity index (χ0v) is 13.9. The van der Waals surface area contributed by atoms with Gasteiger partial charge in [0.25, 0.3) is 0 Å². The third-order valence-corrected chi connectivity index (χ3v) is 4.28. The highest BCUT2D eigenvalue weighted by Gasteiger charge is 2.21. The predicted octanol–water partition coefficient (Wildman–Crippen LogP) is 3.10. The van der Waals surface area contributed by atoms with E-state index >= 15 is 0 Å². The largest absolute Gasteiger partial charge is 0.490 e. The number of nitrogens with zero attached hydrogens (tertiary/aromatic N) is 2. The van der Waals surface area contributed by atoms with E-state index in [9.17, 15) is 10.1 Å². The summed E-state index contributed by atoms with van der Waals surface area (Å²) in [5.41, 5.74) is 3.31. The predicted molar refractivity (Wildman–Crippen MR) is 93.4 cm³/mol. The Balaban J connectivity index is 1.92. The van der Waals surface area contributed by atoms with E-state index in [0.717, 1.165) is 18.7 Å². The van der Waals surface area contributed by atoms with Crippen LogP contribution in [-0.4, -0.2) is 24.6 Å². The van der Waals surface area contributed by atoms with Crippen molar-refractivity contribution in [3.8, 4) is 5.75 Å². The van der Waals surface area contributed by atoms with Gasteiger partial charge in [-0.2, -0.15) is 0 Å². The monoisotopic (exact) mass is 327 g/mol. The molecule has 126 valence electrons. The number of nitro groups is 1. The number of fused-ring (bicyclic) bond motifs is 1. The third-order valence-electron chi connectivity index (χ3n) is 4.28. The van der Waals surface area contributed by atoms with Crippen molar-refractivity contribution >= 4 is 11.4 Å². The highest BCUT2D eigenvalue weighted by atomic mass is 16.6. The molecule has 6 heteroatoms.